The number of hydrogen-bond donors (Lipinski definition) is 1. The minimum atomic E-state index is -0.0602. The van der Waals surface area contributed by atoms with Crippen LogP contribution < -0.4 is 5.32 Å². The van der Waals surface area contributed by atoms with Gasteiger partial charge in [-0.05, 0) is 25.0 Å². The van der Waals surface area contributed by atoms with Gasteiger partial charge in [-0.25, -0.2) is 0 Å². The molecule has 0 atom stereocenters. The minimum absolute atomic E-state index is 0.0602. The number of rotatable bonds is 3. The van der Waals surface area contributed by atoms with Gasteiger partial charge < -0.3 is 15.0 Å². The van der Waals surface area contributed by atoms with Crippen LogP contribution >= 0.6 is 0 Å². The number of morpholine rings is 1. The van der Waals surface area contributed by atoms with Gasteiger partial charge in [0, 0.05) is 19.1 Å². The first kappa shape index (κ1) is 14.3. The van der Waals surface area contributed by atoms with Crippen LogP contribution in [0.3, 0.4) is 0 Å². The molecular weight excluding hydrogens is 268 g/mol. The molecule has 21 heavy (non-hydrogen) atoms. The van der Waals surface area contributed by atoms with E-state index in [-0.39, 0.29) is 5.91 Å². The zero-order chi connectivity index (χ0) is 14.5. The molecule has 1 saturated heterocycles. The SMILES string of the molecule is O=C(c1ccc(NC2CCCCC2)nn1)N1CCOCC1. The second kappa shape index (κ2) is 6.85. The van der Waals surface area contributed by atoms with Gasteiger partial charge in [-0.1, -0.05) is 19.3 Å². The van der Waals surface area contributed by atoms with Crippen molar-refractivity contribution >= 4 is 11.7 Å². The average molecular weight is 290 g/mol. The molecule has 6 heteroatoms. The van der Waals surface area contributed by atoms with Crippen LogP contribution in [-0.2, 0) is 4.74 Å². The van der Waals surface area contributed by atoms with E-state index in [0.717, 1.165) is 5.82 Å². The molecule has 0 unspecified atom stereocenters. The Bertz CT molecular complexity index is 465. The minimum Gasteiger partial charge on any atom is -0.378 e. The van der Waals surface area contributed by atoms with E-state index in [1.807, 2.05) is 6.07 Å². The first-order valence-corrected chi connectivity index (χ1v) is 7.80. The molecule has 1 saturated carbocycles. The summed E-state index contributed by atoms with van der Waals surface area (Å²) in [5, 5.41) is 11.6. The number of amides is 1. The van der Waals surface area contributed by atoms with Crippen molar-refractivity contribution in [3.8, 4) is 0 Å². The number of carbonyl (C=O) groups is 1. The monoisotopic (exact) mass is 290 g/mol. The highest BCUT2D eigenvalue weighted by Gasteiger charge is 2.20. The van der Waals surface area contributed by atoms with Crippen molar-refractivity contribution in [1.82, 2.24) is 15.1 Å². The number of nitrogens with one attached hydrogen (secondary N) is 1. The topological polar surface area (TPSA) is 67.4 Å². The summed E-state index contributed by atoms with van der Waals surface area (Å²) >= 11 is 0. The molecule has 2 aliphatic rings. The predicted molar refractivity (Wildman–Crippen MR) is 79.3 cm³/mol. The Morgan fingerprint density at radius 2 is 1.90 bits per heavy atom. The Morgan fingerprint density at radius 3 is 2.57 bits per heavy atom. The van der Waals surface area contributed by atoms with E-state index < -0.39 is 0 Å². The number of aromatic nitrogens is 2. The highest BCUT2D eigenvalue weighted by atomic mass is 16.5. The second-order valence-corrected chi connectivity index (χ2v) is 5.69. The highest BCUT2D eigenvalue weighted by Crippen LogP contribution is 2.20. The molecule has 1 aliphatic heterocycles. The fourth-order valence-corrected chi connectivity index (χ4v) is 2.91. The third-order valence-electron chi connectivity index (χ3n) is 4.14. The van der Waals surface area contributed by atoms with E-state index in [1.165, 1.54) is 32.1 Å². The lowest BCUT2D eigenvalue weighted by Crippen LogP contribution is -2.41. The van der Waals surface area contributed by atoms with E-state index in [9.17, 15) is 4.79 Å². The van der Waals surface area contributed by atoms with E-state index in [4.69, 9.17) is 4.74 Å². The van der Waals surface area contributed by atoms with Crippen molar-refractivity contribution in [2.45, 2.75) is 38.1 Å². The maximum atomic E-state index is 12.2. The fraction of sp³-hybridized carbons (Fsp3) is 0.667. The van der Waals surface area contributed by atoms with Crippen LogP contribution in [0.25, 0.3) is 0 Å². The predicted octanol–water partition coefficient (Wildman–Crippen LogP) is 1.69. The number of ether oxygens (including phenoxy) is 1. The molecule has 0 bridgehead atoms. The smallest absolute Gasteiger partial charge is 0.274 e. The molecule has 1 N–H and O–H groups in total. The summed E-state index contributed by atoms with van der Waals surface area (Å²) < 4.78 is 5.25. The quantitative estimate of drug-likeness (QED) is 0.917. The van der Waals surface area contributed by atoms with Crippen molar-refractivity contribution in [3.63, 3.8) is 0 Å². The van der Waals surface area contributed by atoms with Gasteiger partial charge in [0.15, 0.2) is 5.69 Å². The van der Waals surface area contributed by atoms with E-state index in [0.29, 0.717) is 38.0 Å². The zero-order valence-corrected chi connectivity index (χ0v) is 12.3. The summed E-state index contributed by atoms with van der Waals surface area (Å²) in [7, 11) is 0. The van der Waals surface area contributed by atoms with Crippen LogP contribution in [0.1, 0.15) is 42.6 Å². The van der Waals surface area contributed by atoms with Crippen LogP contribution in [0.2, 0.25) is 0 Å². The van der Waals surface area contributed by atoms with Crippen molar-refractivity contribution in [2.75, 3.05) is 31.6 Å². The number of anilines is 1. The normalized spacial score (nSPS) is 20.3. The molecule has 1 aromatic heterocycles. The van der Waals surface area contributed by atoms with Gasteiger partial charge in [0.05, 0.1) is 13.2 Å². The Labute approximate surface area is 124 Å². The van der Waals surface area contributed by atoms with Gasteiger partial charge in [-0.3, -0.25) is 4.79 Å². The van der Waals surface area contributed by atoms with Crippen LogP contribution in [0.4, 0.5) is 5.82 Å². The van der Waals surface area contributed by atoms with Crippen LogP contribution in [-0.4, -0.2) is 53.3 Å². The first-order chi connectivity index (χ1) is 10.3. The summed E-state index contributed by atoms with van der Waals surface area (Å²) in [6.45, 7) is 2.45. The molecule has 2 heterocycles. The van der Waals surface area contributed by atoms with Gasteiger partial charge >= 0.3 is 0 Å². The van der Waals surface area contributed by atoms with Gasteiger partial charge in [0.1, 0.15) is 5.82 Å². The summed E-state index contributed by atoms with van der Waals surface area (Å²) in [6.07, 6.45) is 6.26. The lowest BCUT2D eigenvalue weighted by Gasteiger charge is -2.26. The molecule has 1 aromatic rings. The maximum Gasteiger partial charge on any atom is 0.274 e. The summed E-state index contributed by atoms with van der Waals surface area (Å²) in [4.78, 5) is 14.0. The summed E-state index contributed by atoms with van der Waals surface area (Å²) in [6, 6.07) is 4.11. The van der Waals surface area contributed by atoms with Crippen LogP contribution in [0.5, 0.6) is 0 Å². The molecule has 114 valence electrons. The van der Waals surface area contributed by atoms with E-state index in [2.05, 4.69) is 15.5 Å². The first-order valence-electron chi connectivity index (χ1n) is 7.80. The standard InChI is InChI=1S/C15H22N4O2/c20-15(19-8-10-21-11-9-19)13-6-7-14(18-17-13)16-12-4-2-1-3-5-12/h6-7,12H,1-5,8-11H2,(H,16,18). The zero-order valence-electron chi connectivity index (χ0n) is 12.3. The summed E-state index contributed by atoms with van der Waals surface area (Å²) in [5.41, 5.74) is 0.408. The van der Waals surface area contributed by atoms with Gasteiger partial charge in [0.25, 0.3) is 5.91 Å². The van der Waals surface area contributed by atoms with Crippen molar-refractivity contribution in [3.05, 3.63) is 17.8 Å². The lowest BCUT2D eigenvalue weighted by molar-refractivity contribution is 0.0298. The molecule has 3 rings (SSSR count). The van der Waals surface area contributed by atoms with Gasteiger partial charge in [-0.15, -0.1) is 10.2 Å². The molecule has 1 aliphatic carbocycles. The molecule has 1 amide bonds. The number of nitrogens with zero attached hydrogens (tertiary/aromatic N) is 3. The van der Waals surface area contributed by atoms with Crippen molar-refractivity contribution in [2.24, 2.45) is 0 Å². The molecule has 0 aromatic carbocycles. The highest BCUT2D eigenvalue weighted by molar-refractivity contribution is 5.92. The third-order valence-corrected chi connectivity index (χ3v) is 4.14. The Balaban J connectivity index is 1.59. The molecule has 2 fully saturated rings. The average Bonchev–Trinajstić information content (AvgIpc) is 2.57. The molecule has 0 radical (unpaired) electrons. The Hall–Kier alpha value is -1.69. The molecule has 6 nitrogen and oxygen atoms in total. The van der Waals surface area contributed by atoms with Gasteiger partial charge in [0.2, 0.25) is 0 Å². The van der Waals surface area contributed by atoms with Crippen LogP contribution in [0.15, 0.2) is 12.1 Å². The number of hydrogen-bond acceptors (Lipinski definition) is 5. The van der Waals surface area contributed by atoms with E-state index >= 15 is 0 Å². The van der Waals surface area contributed by atoms with Crippen LogP contribution in [0, 0.1) is 0 Å². The third kappa shape index (κ3) is 3.69. The lowest BCUT2D eigenvalue weighted by atomic mass is 9.95. The summed E-state index contributed by atoms with van der Waals surface area (Å²) in [5.74, 6) is 0.704. The largest absolute Gasteiger partial charge is 0.378 e. The van der Waals surface area contributed by atoms with Crippen molar-refractivity contribution < 1.29 is 9.53 Å². The molecular formula is C15H22N4O2. The maximum absolute atomic E-state index is 12.2. The fourth-order valence-electron chi connectivity index (χ4n) is 2.91. The van der Waals surface area contributed by atoms with Gasteiger partial charge in [-0.2, -0.15) is 0 Å². The number of carbonyl (C=O) groups excluding carboxylic acids is 1. The second-order valence-electron chi connectivity index (χ2n) is 5.69. The van der Waals surface area contributed by atoms with Crippen molar-refractivity contribution in [1.29, 1.82) is 0 Å². The Morgan fingerprint density at radius 1 is 1.14 bits per heavy atom. The molecule has 0 spiro atoms. The van der Waals surface area contributed by atoms with E-state index in [1.54, 1.807) is 11.0 Å². The Kier molecular flexibility index (Phi) is 4.65.